The van der Waals surface area contributed by atoms with Crippen molar-refractivity contribution in [1.82, 2.24) is 19.5 Å². The van der Waals surface area contributed by atoms with E-state index < -0.39 is 0 Å². The number of fused-ring (bicyclic) bond motifs is 1. The van der Waals surface area contributed by atoms with Gasteiger partial charge in [0.05, 0.1) is 11.4 Å². The van der Waals surface area contributed by atoms with Crippen LogP contribution in [0.5, 0.6) is 0 Å². The number of imidazole rings is 1. The molecule has 24 heavy (non-hydrogen) atoms. The van der Waals surface area contributed by atoms with Gasteiger partial charge < -0.3 is 14.6 Å². The number of rotatable bonds is 5. The van der Waals surface area contributed by atoms with Crippen LogP contribution in [0.4, 0.5) is 5.82 Å². The highest BCUT2D eigenvalue weighted by molar-refractivity contribution is 7.16. The highest BCUT2D eigenvalue weighted by atomic mass is 32.1. The van der Waals surface area contributed by atoms with E-state index in [0.29, 0.717) is 0 Å². The molecule has 0 aromatic carbocycles. The van der Waals surface area contributed by atoms with E-state index in [9.17, 15) is 0 Å². The summed E-state index contributed by atoms with van der Waals surface area (Å²) in [6, 6.07) is 2.25. The Bertz CT molecular complexity index is 842. The third-order valence-corrected chi connectivity index (χ3v) is 5.25. The molecule has 4 heterocycles. The monoisotopic (exact) mass is 343 g/mol. The second-order valence-corrected chi connectivity index (χ2v) is 6.78. The van der Waals surface area contributed by atoms with Crippen LogP contribution < -0.4 is 5.32 Å². The summed E-state index contributed by atoms with van der Waals surface area (Å²) in [5.41, 5.74) is 0. The molecule has 1 aliphatic heterocycles. The van der Waals surface area contributed by atoms with Crippen molar-refractivity contribution in [2.24, 2.45) is 0 Å². The van der Waals surface area contributed by atoms with Crippen LogP contribution in [0, 0.1) is 0 Å². The van der Waals surface area contributed by atoms with Gasteiger partial charge in [-0.1, -0.05) is 6.92 Å². The molecule has 0 saturated carbocycles. The number of aromatic nitrogens is 4. The minimum Gasteiger partial charge on any atom is -0.368 e. The molecule has 0 unspecified atom stereocenters. The van der Waals surface area contributed by atoms with Gasteiger partial charge in [-0.3, -0.25) is 0 Å². The summed E-state index contributed by atoms with van der Waals surface area (Å²) in [5, 5.41) is 6.76. The lowest BCUT2D eigenvalue weighted by molar-refractivity contribution is 0.0976. The van der Waals surface area contributed by atoms with Gasteiger partial charge in [0.1, 0.15) is 28.4 Å². The van der Waals surface area contributed by atoms with E-state index in [1.165, 1.54) is 0 Å². The zero-order valence-corrected chi connectivity index (χ0v) is 14.7. The molecule has 0 aliphatic carbocycles. The molecule has 6 nitrogen and oxygen atoms in total. The highest BCUT2D eigenvalue weighted by Crippen LogP contribution is 2.33. The molecule has 0 amide bonds. The van der Waals surface area contributed by atoms with Gasteiger partial charge in [-0.2, -0.15) is 0 Å². The number of aryl methyl sites for hydroxylation is 2. The Morgan fingerprint density at radius 3 is 3.12 bits per heavy atom. The summed E-state index contributed by atoms with van der Waals surface area (Å²) < 4.78 is 8.13. The van der Waals surface area contributed by atoms with Crippen LogP contribution in [0.15, 0.2) is 23.8 Å². The standard InChI is InChI=1S/C17H21N5OS/c1-3-13-20-15(11-6-10-24-17(11)21-13)19-12-5-9-23-14(12)16-18-7-8-22(16)4-2/h6-8,10,12,14H,3-5,9H2,1-2H3,(H,19,20,21)/t12-,14-/m0/s1. The van der Waals surface area contributed by atoms with Gasteiger partial charge >= 0.3 is 0 Å². The Hall–Kier alpha value is -1.99. The van der Waals surface area contributed by atoms with Crippen molar-refractivity contribution in [3.05, 3.63) is 35.5 Å². The lowest BCUT2D eigenvalue weighted by atomic mass is 10.1. The topological polar surface area (TPSA) is 64.9 Å². The molecule has 0 radical (unpaired) electrons. The summed E-state index contributed by atoms with van der Waals surface area (Å²) in [5.74, 6) is 2.77. The number of hydrogen-bond acceptors (Lipinski definition) is 6. The van der Waals surface area contributed by atoms with Crippen LogP contribution in [-0.4, -0.2) is 32.2 Å². The zero-order valence-electron chi connectivity index (χ0n) is 13.9. The second-order valence-electron chi connectivity index (χ2n) is 5.88. The molecule has 0 spiro atoms. The smallest absolute Gasteiger partial charge is 0.140 e. The fraction of sp³-hybridized carbons (Fsp3) is 0.471. The summed E-state index contributed by atoms with van der Waals surface area (Å²) in [7, 11) is 0. The molecule has 0 bridgehead atoms. The Kier molecular flexibility index (Phi) is 4.20. The molecule has 1 N–H and O–H groups in total. The third-order valence-electron chi connectivity index (χ3n) is 4.44. The fourth-order valence-electron chi connectivity index (χ4n) is 3.18. The van der Waals surface area contributed by atoms with E-state index in [1.807, 2.05) is 12.4 Å². The summed E-state index contributed by atoms with van der Waals surface area (Å²) >= 11 is 1.65. The number of ether oxygens (including phenoxy) is 1. The second kappa shape index (κ2) is 6.49. The number of anilines is 1. The maximum absolute atomic E-state index is 5.99. The van der Waals surface area contributed by atoms with Gasteiger partial charge in [-0.15, -0.1) is 11.3 Å². The number of hydrogen-bond donors (Lipinski definition) is 1. The minimum absolute atomic E-state index is 0.0475. The zero-order chi connectivity index (χ0) is 16.5. The first kappa shape index (κ1) is 15.5. The average molecular weight is 343 g/mol. The maximum atomic E-state index is 5.99. The molecular formula is C17H21N5OS. The lowest BCUT2D eigenvalue weighted by Crippen LogP contribution is -2.26. The SMILES string of the molecule is CCc1nc(N[C@H]2CCO[C@@H]2c2nccn2CC)c2ccsc2n1. The van der Waals surface area contributed by atoms with E-state index in [4.69, 9.17) is 9.72 Å². The molecule has 1 aliphatic rings. The van der Waals surface area contributed by atoms with Crippen LogP contribution in [0.25, 0.3) is 10.2 Å². The largest absolute Gasteiger partial charge is 0.368 e. The number of nitrogens with one attached hydrogen (secondary N) is 1. The predicted molar refractivity (Wildman–Crippen MR) is 95.4 cm³/mol. The van der Waals surface area contributed by atoms with E-state index in [2.05, 4.69) is 45.1 Å². The summed E-state index contributed by atoms with van der Waals surface area (Å²) in [6.45, 7) is 5.83. The van der Waals surface area contributed by atoms with Crippen molar-refractivity contribution in [1.29, 1.82) is 0 Å². The minimum atomic E-state index is -0.0475. The van der Waals surface area contributed by atoms with Gasteiger partial charge in [-0.25, -0.2) is 15.0 Å². The quantitative estimate of drug-likeness (QED) is 0.769. The Balaban J connectivity index is 1.66. The van der Waals surface area contributed by atoms with Crippen molar-refractivity contribution in [3.8, 4) is 0 Å². The van der Waals surface area contributed by atoms with Gasteiger partial charge in [-0.05, 0) is 24.8 Å². The summed E-state index contributed by atoms with van der Waals surface area (Å²) in [4.78, 5) is 14.9. The Labute approximate surface area is 144 Å². The van der Waals surface area contributed by atoms with Crippen LogP contribution >= 0.6 is 11.3 Å². The van der Waals surface area contributed by atoms with Crippen molar-refractivity contribution >= 4 is 27.4 Å². The first-order valence-electron chi connectivity index (χ1n) is 8.43. The molecule has 126 valence electrons. The van der Waals surface area contributed by atoms with Crippen LogP contribution in [0.1, 0.15) is 38.0 Å². The third kappa shape index (κ3) is 2.67. The van der Waals surface area contributed by atoms with Crippen molar-refractivity contribution in [2.45, 2.75) is 45.4 Å². The molecule has 1 saturated heterocycles. The van der Waals surface area contributed by atoms with Gasteiger partial charge in [0, 0.05) is 32.0 Å². The Morgan fingerprint density at radius 2 is 2.29 bits per heavy atom. The average Bonchev–Trinajstić information content (AvgIpc) is 3.33. The van der Waals surface area contributed by atoms with Crippen molar-refractivity contribution in [2.75, 3.05) is 11.9 Å². The molecular weight excluding hydrogens is 322 g/mol. The van der Waals surface area contributed by atoms with E-state index in [1.54, 1.807) is 11.3 Å². The van der Waals surface area contributed by atoms with Crippen molar-refractivity contribution < 1.29 is 4.74 Å². The fourth-order valence-corrected chi connectivity index (χ4v) is 3.96. The normalized spacial score (nSPS) is 20.8. The first-order chi connectivity index (χ1) is 11.8. The number of nitrogens with zero attached hydrogens (tertiary/aromatic N) is 4. The molecule has 4 rings (SSSR count). The Morgan fingerprint density at radius 1 is 1.38 bits per heavy atom. The highest BCUT2D eigenvalue weighted by Gasteiger charge is 2.33. The predicted octanol–water partition coefficient (Wildman–Crippen LogP) is 3.41. The van der Waals surface area contributed by atoms with Crippen molar-refractivity contribution in [3.63, 3.8) is 0 Å². The van der Waals surface area contributed by atoms with Crippen LogP contribution in [0.3, 0.4) is 0 Å². The van der Waals surface area contributed by atoms with Gasteiger partial charge in [0.15, 0.2) is 0 Å². The molecule has 3 aromatic heterocycles. The van der Waals surface area contributed by atoms with E-state index >= 15 is 0 Å². The lowest BCUT2D eigenvalue weighted by Gasteiger charge is -2.21. The van der Waals surface area contributed by atoms with Crippen LogP contribution in [0.2, 0.25) is 0 Å². The molecule has 1 fully saturated rings. The molecule has 3 aromatic rings. The molecule has 7 heteroatoms. The van der Waals surface area contributed by atoms with E-state index in [0.717, 1.165) is 53.7 Å². The first-order valence-corrected chi connectivity index (χ1v) is 9.31. The van der Waals surface area contributed by atoms with Gasteiger partial charge in [0.2, 0.25) is 0 Å². The summed E-state index contributed by atoms with van der Waals surface area (Å²) in [6.07, 6.45) is 5.57. The number of thiophene rings is 1. The van der Waals surface area contributed by atoms with E-state index in [-0.39, 0.29) is 12.1 Å². The van der Waals surface area contributed by atoms with Crippen LogP contribution in [-0.2, 0) is 17.7 Å². The van der Waals surface area contributed by atoms with Gasteiger partial charge in [0.25, 0.3) is 0 Å². The maximum Gasteiger partial charge on any atom is 0.140 e. The molecule has 2 atom stereocenters.